The molecule has 1 rings (SSSR count). The minimum atomic E-state index is -0.649. The van der Waals surface area contributed by atoms with Crippen LogP contribution >= 0.6 is 0 Å². The molecule has 5 heteroatoms. The van der Waals surface area contributed by atoms with Crippen molar-refractivity contribution in [2.45, 2.75) is 6.42 Å². The van der Waals surface area contributed by atoms with E-state index in [4.69, 9.17) is 5.73 Å². The van der Waals surface area contributed by atoms with E-state index in [1.54, 1.807) is 0 Å². The van der Waals surface area contributed by atoms with Gasteiger partial charge in [-0.2, -0.15) is 0 Å². The lowest BCUT2D eigenvalue weighted by Crippen LogP contribution is -1.95. The zero-order valence-corrected chi connectivity index (χ0v) is 7.93. The van der Waals surface area contributed by atoms with E-state index in [1.165, 1.54) is 18.2 Å². The summed E-state index contributed by atoms with van der Waals surface area (Å²) < 4.78 is 0. The molecule has 0 unspecified atom stereocenters. The van der Waals surface area contributed by atoms with Crippen LogP contribution in [0.2, 0.25) is 0 Å². The Balaban J connectivity index is 3.06. The molecular weight excluding hydrogens is 196 g/mol. The van der Waals surface area contributed by atoms with Gasteiger partial charge < -0.3 is 10.8 Å². The maximum atomic E-state index is 10.5. The minimum Gasteiger partial charge on any atom is -0.501 e. The van der Waals surface area contributed by atoms with Crippen molar-refractivity contribution in [2.75, 3.05) is 6.54 Å². The highest BCUT2D eigenvalue weighted by Crippen LogP contribution is 2.28. The number of nitro groups is 1. The van der Waals surface area contributed by atoms with Crippen LogP contribution in [-0.2, 0) is 0 Å². The topological polar surface area (TPSA) is 89.4 Å². The van der Waals surface area contributed by atoms with Gasteiger partial charge in [0.15, 0.2) is 0 Å². The second-order valence-electron chi connectivity index (χ2n) is 2.77. The average molecular weight is 206 g/mol. The first-order chi connectivity index (χ1) is 7.16. The quantitative estimate of drug-likeness (QED) is 0.429. The van der Waals surface area contributed by atoms with Crippen molar-refractivity contribution < 1.29 is 10.0 Å². The normalized spacial score (nSPS) is 9.13. The molecule has 0 fully saturated rings. The number of aromatic hydroxyl groups is 1. The molecule has 1 aromatic carbocycles. The van der Waals surface area contributed by atoms with Crippen molar-refractivity contribution in [3.63, 3.8) is 0 Å². The molecule has 78 valence electrons. The molecule has 0 amide bonds. The molecule has 0 aromatic heterocycles. The second-order valence-corrected chi connectivity index (χ2v) is 2.77. The molecule has 1 aromatic rings. The molecule has 0 heterocycles. The van der Waals surface area contributed by atoms with Crippen LogP contribution in [0, 0.1) is 22.0 Å². The maximum absolute atomic E-state index is 10.5. The number of nitrogens with two attached hydrogens (primary N) is 1. The molecule has 0 aliphatic rings. The smallest absolute Gasteiger partial charge is 0.312 e. The first-order valence-corrected chi connectivity index (χ1v) is 4.32. The number of phenolic OH excluding ortho intramolecular Hbond substituents is 1. The molecule has 15 heavy (non-hydrogen) atoms. The van der Waals surface area contributed by atoms with E-state index in [2.05, 4.69) is 11.8 Å². The van der Waals surface area contributed by atoms with Crippen LogP contribution in [0.1, 0.15) is 12.0 Å². The predicted molar refractivity (Wildman–Crippen MR) is 55.3 cm³/mol. The van der Waals surface area contributed by atoms with E-state index in [1.807, 2.05) is 0 Å². The number of phenols is 1. The van der Waals surface area contributed by atoms with Gasteiger partial charge in [-0.15, -0.1) is 0 Å². The highest BCUT2D eigenvalue weighted by molar-refractivity contribution is 5.56. The summed E-state index contributed by atoms with van der Waals surface area (Å²) in [4.78, 5) is 9.83. The zero-order chi connectivity index (χ0) is 11.3. The van der Waals surface area contributed by atoms with Crippen LogP contribution in [0.15, 0.2) is 18.2 Å². The molecule has 5 nitrogen and oxygen atoms in total. The lowest BCUT2D eigenvalue weighted by atomic mass is 10.1. The first kappa shape index (κ1) is 11.0. The molecular formula is C10H10N2O3. The van der Waals surface area contributed by atoms with Crippen molar-refractivity contribution in [1.82, 2.24) is 0 Å². The average Bonchev–Trinajstić information content (AvgIpc) is 2.20. The van der Waals surface area contributed by atoms with E-state index in [0.29, 0.717) is 13.0 Å². The van der Waals surface area contributed by atoms with E-state index in [-0.39, 0.29) is 11.3 Å². The third-order valence-corrected chi connectivity index (χ3v) is 1.70. The highest BCUT2D eigenvalue weighted by atomic mass is 16.6. The van der Waals surface area contributed by atoms with Gasteiger partial charge in [-0.1, -0.05) is 17.9 Å². The minimum absolute atomic E-state index is 0.248. The van der Waals surface area contributed by atoms with Crippen LogP contribution in [0.25, 0.3) is 0 Å². The van der Waals surface area contributed by atoms with Gasteiger partial charge in [0.05, 0.1) is 10.5 Å². The van der Waals surface area contributed by atoms with Crippen LogP contribution in [0.5, 0.6) is 5.75 Å². The summed E-state index contributed by atoms with van der Waals surface area (Å²) in [7, 11) is 0. The number of hydrogen-bond acceptors (Lipinski definition) is 4. The molecule has 0 aliphatic heterocycles. The van der Waals surface area contributed by atoms with Gasteiger partial charge in [0.1, 0.15) is 0 Å². The van der Waals surface area contributed by atoms with Crippen molar-refractivity contribution in [3.05, 3.63) is 33.9 Å². The molecule has 0 radical (unpaired) electrons. The van der Waals surface area contributed by atoms with Gasteiger partial charge in [0.25, 0.3) is 0 Å². The Morgan fingerprint density at radius 2 is 2.27 bits per heavy atom. The van der Waals surface area contributed by atoms with E-state index < -0.39 is 10.7 Å². The summed E-state index contributed by atoms with van der Waals surface area (Å²) >= 11 is 0. The Bertz CT molecular complexity index is 432. The van der Waals surface area contributed by atoms with Crippen LogP contribution < -0.4 is 5.73 Å². The number of nitrogens with zero attached hydrogens (tertiary/aromatic N) is 1. The number of nitro benzene ring substituents is 1. The fourth-order valence-corrected chi connectivity index (χ4v) is 1.01. The molecule has 0 atom stereocenters. The Labute approximate surface area is 86.7 Å². The second kappa shape index (κ2) is 4.98. The molecule has 0 spiro atoms. The molecule has 0 aliphatic carbocycles. The standard InChI is InChI=1S/C10H10N2O3/c11-7-2-1-4-8-5-3-6-9(10(8)13)12(14)15/h3,5-6,13H,2,7,11H2. The van der Waals surface area contributed by atoms with Gasteiger partial charge in [-0.05, 0) is 6.07 Å². The van der Waals surface area contributed by atoms with E-state index in [9.17, 15) is 15.2 Å². The molecule has 0 saturated carbocycles. The van der Waals surface area contributed by atoms with Crippen molar-refractivity contribution in [2.24, 2.45) is 5.73 Å². The lowest BCUT2D eigenvalue weighted by Gasteiger charge is -1.97. The summed E-state index contributed by atoms with van der Waals surface area (Å²) in [6.45, 7) is 0.419. The van der Waals surface area contributed by atoms with Crippen LogP contribution in [0.3, 0.4) is 0 Å². The predicted octanol–water partition coefficient (Wildman–Crippen LogP) is 1.00. The summed E-state index contributed by atoms with van der Waals surface area (Å²) in [5.41, 5.74) is 5.15. The monoisotopic (exact) mass is 206 g/mol. The third-order valence-electron chi connectivity index (χ3n) is 1.70. The Kier molecular flexibility index (Phi) is 3.66. The largest absolute Gasteiger partial charge is 0.501 e. The summed E-state index contributed by atoms with van der Waals surface area (Å²) in [6, 6.07) is 4.22. The summed E-state index contributed by atoms with van der Waals surface area (Å²) in [5.74, 6) is 4.93. The first-order valence-electron chi connectivity index (χ1n) is 4.32. The molecule has 0 bridgehead atoms. The van der Waals surface area contributed by atoms with Crippen molar-refractivity contribution in [3.8, 4) is 17.6 Å². The van der Waals surface area contributed by atoms with Crippen molar-refractivity contribution >= 4 is 5.69 Å². The number of para-hydroxylation sites is 1. The summed E-state index contributed by atoms with van der Waals surface area (Å²) in [5, 5.41) is 20.0. The Morgan fingerprint density at radius 3 is 2.87 bits per heavy atom. The van der Waals surface area contributed by atoms with Crippen LogP contribution in [0.4, 0.5) is 5.69 Å². The van der Waals surface area contributed by atoms with Gasteiger partial charge in [-0.25, -0.2) is 0 Å². The van der Waals surface area contributed by atoms with Crippen molar-refractivity contribution in [1.29, 1.82) is 0 Å². The fraction of sp³-hybridized carbons (Fsp3) is 0.200. The Morgan fingerprint density at radius 1 is 1.53 bits per heavy atom. The molecule has 0 saturated heterocycles. The SMILES string of the molecule is NCCC#Cc1cccc([N+](=O)[O-])c1O. The zero-order valence-electron chi connectivity index (χ0n) is 7.93. The lowest BCUT2D eigenvalue weighted by molar-refractivity contribution is -0.385. The third kappa shape index (κ3) is 2.69. The van der Waals surface area contributed by atoms with Gasteiger partial charge in [0.2, 0.25) is 5.75 Å². The van der Waals surface area contributed by atoms with Gasteiger partial charge in [0, 0.05) is 19.0 Å². The number of benzene rings is 1. The number of rotatable bonds is 2. The molecule has 3 N–H and O–H groups in total. The van der Waals surface area contributed by atoms with E-state index >= 15 is 0 Å². The maximum Gasteiger partial charge on any atom is 0.312 e. The van der Waals surface area contributed by atoms with Crippen LogP contribution in [-0.4, -0.2) is 16.6 Å². The summed E-state index contributed by atoms with van der Waals surface area (Å²) in [6.07, 6.45) is 0.488. The van der Waals surface area contributed by atoms with Gasteiger partial charge in [-0.3, -0.25) is 10.1 Å². The fourth-order valence-electron chi connectivity index (χ4n) is 1.01. The highest BCUT2D eigenvalue weighted by Gasteiger charge is 2.14. The number of hydrogen-bond donors (Lipinski definition) is 2. The van der Waals surface area contributed by atoms with E-state index in [0.717, 1.165) is 0 Å². The van der Waals surface area contributed by atoms with Gasteiger partial charge >= 0.3 is 5.69 Å². The Hall–Kier alpha value is -2.06.